The average molecular weight is 335 g/mol. The quantitative estimate of drug-likeness (QED) is 0.792. The Morgan fingerprint density at radius 1 is 1.30 bits per heavy atom. The van der Waals surface area contributed by atoms with Crippen LogP contribution in [0, 0.1) is 0 Å². The maximum atomic E-state index is 12.2. The van der Waals surface area contributed by atoms with Crippen molar-refractivity contribution < 1.29 is 19.1 Å². The number of benzene rings is 1. The van der Waals surface area contributed by atoms with Crippen molar-refractivity contribution in [3.8, 4) is 0 Å². The van der Waals surface area contributed by atoms with Gasteiger partial charge in [-0.15, -0.1) is 0 Å². The van der Waals surface area contributed by atoms with Crippen molar-refractivity contribution in [1.29, 1.82) is 0 Å². The monoisotopic (exact) mass is 334 g/mol. The number of carbonyl (C=O) groups is 3. The second-order valence-electron chi connectivity index (χ2n) is 5.40. The Kier molecular flexibility index (Phi) is 4.34. The molecule has 2 fully saturated rings. The third-order valence-corrected chi connectivity index (χ3v) is 4.28. The van der Waals surface area contributed by atoms with Crippen LogP contribution in [0.25, 0.3) is 6.08 Å². The predicted octanol–water partition coefficient (Wildman–Crippen LogP) is 1.93. The van der Waals surface area contributed by atoms with E-state index in [0.717, 1.165) is 10.5 Å². The molecule has 2 heterocycles. The molecule has 7 heteroatoms. The van der Waals surface area contributed by atoms with Crippen LogP contribution in [0.2, 0.25) is 5.02 Å². The predicted molar refractivity (Wildman–Crippen MR) is 83.7 cm³/mol. The van der Waals surface area contributed by atoms with Crippen molar-refractivity contribution in [2.45, 2.75) is 12.5 Å². The van der Waals surface area contributed by atoms with Crippen molar-refractivity contribution in [2.24, 2.45) is 0 Å². The van der Waals surface area contributed by atoms with Crippen LogP contribution in [0.1, 0.15) is 12.0 Å². The molecule has 1 aromatic carbocycles. The van der Waals surface area contributed by atoms with E-state index in [0.29, 0.717) is 24.5 Å². The summed E-state index contributed by atoms with van der Waals surface area (Å²) < 4.78 is 4.71. The lowest BCUT2D eigenvalue weighted by atomic mass is 10.2. The molecule has 0 aromatic heterocycles. The van der Waals surface area contributed by atoms with E-state index in [9.17, 15) is 14.4 Å². The van der Waals surface area contributed by atoms with Crippen LogP contribution in [0.15, 0.2) is 30.3 Å². The Bertz CT molecular complexity index is 672. The molecule has 120 valence electrons. The third kappa shape index (κ3) is 3.22. The van der Waals surface area contributed by atoms with Gasteiger partial charge in [0.1, 0.15) is 0 Å². The van der Waals surface area contributed by atoms with Crippen molar-refractivity contribution in [2.75, 3.05) is 19.7 Å². The highest BCUT2D eigenvalue weighted by Crippen LogP contribution is 2.21. The molecule has 0 saturated carbocycles. The van der Waals surface area contributed by atoms with E-state index in [1.807, 2.05) is 18.2 Å². The van der Waals surface area contributed by atoms with Gasteiger partial charge in [0, 0.05) is 24.2 Å². The molecule has 0 radical (unpaired) electrons. The number of ether oxygens (including phenoxy) is 1. The zero-order chi connectivity index (χ0) is 16.4. The molecule has 23 heavy (non-hydrogen) atoms. The van der Waals surface area contributed by atoms with Gasteiger partial charge in [-0.3, -0.25) is 9.59 Å². The summed E-state index contributed by atoms with van der Waals surface area (Å²) in [7, 11) is 0. The summed E-state index contributed by atoms with van der Waals surface area (Å²) in [6, 6.07) is 6.92. The molecule has 6 nitrogen and oxygen atoms in total. The molecule has 1 unspecified atom stereocenters. The first-order valence-corrected chi connectivity index (χ1v) is 7.64. The number of nitrogens with zero attached hydrogens (tertiary/aromatic N) is 2. The minimum atomic E-state index is -0.624. The lowest BCUT2D eigenvalue weighted by molar-refractivity contribution is -0.128. The van der Waals surface area contributed by atoms with Crippen molar-refractivity contribution >= 4 is 35.6 Å². The fourth-order valence-corrected chi connectivity index (χ4v) is 2.95. The molecule has 3 amide bonds. The molecule has 2 saturated heterocycles. The first-order valence-electron chi connectivity index (χ1n) is 7.26. The van der Waals surface area contributed by atoms with Crippen LogP contribution in [-0.2, 0) is 14.3 Å². The largest absolute Gasteiger partial charge is 0.439 e. The van der Waals surface area contributed by atoms with E-state index >= 15 is 0 Å². The molecule has 1 aromatic rings. The van der Waals surface area contributed by atoms with E-state index in [4.69, 9.17) is 16.3 Å². The maximum Gasteiger partial charge on any atom is 0.417 e. The van der Waals surface area contributed by atoms with Gasteiger partial charge in [0.2, 0.25) is 5.91 Å². The van der Waals surface area contributed by atoms with Crippen LogP contribution in [0.4, 0.5) is 4.79 Å². The highest BCUT2D eigenvalue weighted by molar-refractivity contribution is 6.32. The number of likely N-dealkylation sites (tertiary alicyclic amines) is 1. The van der Waals surface area contributed by atoms with Gasteiger partial charge in [-0.2, -0.15) is 0 Å². The van der Waals surface area contributed by atoms with Crippen molar-refractivity contribution in [3.63, 3.8) is 0 Å². The van der Waals surface area contributed by atoms with Crippen LogP contribution in [-0.4, -0.2) is 53.4 Å². The molecule has 3 rings (SSSR count). The lowest BCUT2D eigenvalue weighted by Crippen LogP contribution is -2.41. The Labute approximate surface area is 138 Å². The summed E-state index contributed by atoms with van der Waals surface area (Å²) in [5, 5.41) is 0.571. The van der Waals surface area contributed by atoms with Gasteiger partial charge < -0.3 is 9.64 Å². The Hall–Kier alpha value is -2.34. The molecule has 0 bridgehead atoms. The van der Waals surface area contributed by atoms with E-state index in [1.165, 1.54) is 6.08 Å². The summed E-state index contributed by atoms with van der Waals surface area (Å²) in [5.41, 5.74) is 0.761. The molecular weight excluding hydrogens is 320 g/mol. The van der Waals surface area contributed by atoms with Gasteiger partial charge >= 0.3 is 6.09 Å². The van der Waals surface area contributed by atoms with Crippen LogP contribution < -0.4 is 0 Å². The molecule has 0 N–H and O–H groups in total. The minimum Gasteiger partial charge on any atom is -0.439 e. The number of rotatable bonds is 3. The van der Waals surface area contributed by atoms with E-state index in [2.05, 4.69) is 0 Å². The van der Waals surface area contributed by atoms with Gasteiger partial charge in [-0.25, -0.2) is 9.69 Å². The zero-order valence-corrected chi connectivity index (χ0v) is 13.0. The summed E-state index contributed by atoms with van der Waals surface area (Å²) in [6.45, 7) is 0.607. The Balaban J connectivity index is 1.63. The maximum absolute atomic E-state index is 12.2. The van der Waals surface area contributed by atoms with Gasteiger partial charge in [0.15, 0.2) is 6.61 Å². The SMILES string of the molecule is O=C(/C=C/c1ccccc1Cl)N1CCC(N2C(=O)COC2=O)C1. The second-order valence-corrected chi connectivity index (χ2v) is 5.81. The molecular formula is C16H15ClN2O4. The molecule has 0 spiro atoms. The standard InChI is InChI=1S/C16H15ClN2O4/c17-13-4-2-1-3-11(13)5-6-14(20)18-8-7-12(9-18)19-15(21)10-23-16(19)22/h1-6,12H,7-10H2/b6-5+. The zero-order valence-electron chi connectivity index (χ0n) is 12.3. The number of halogens is 1. The number of carbonyl (C=O) groups excluding carboxylic acids is 3. The molecule has 2 aliphatic rings. The fourth-order valence-electron chi connectivity index (χ4n) is 2.75. The average Bonchev–Trinajstić information content (AvgIpc) is 3.13. The van der Waals surface area contributed by atoms with Crippen LogP contribution >= 0.6 is 11.6 Å². The first kappa shape index (κ1) is 15.6. The third-order valence-electron chi connectivity index (χ3n) is 3.94. The number of amides is 3. The second kappa shape index (κ2) is 6.42. The van der Waals surface area contributed by atoms with E-state index < -0.39 is 6.09 Å². The highest BCUT2D eigenvalue weighted by atomic mass is 35.5. The smallest absolute Gasteiger partial charge is 0.417 e. The molecule has 1 atom stereocenters. The van der Waals surface area contributed by atoms with E-state index in [-0.39, 0.29) is 24.5 Å². The summed E-state index contributed by atoms with van der Waals surface area (Å²) in [5.74, 6) is -0.520. The summed E-state index contributed by atoms with van der Waals surface area (Å²) in [6.07, 6.45) is 3.05. The molecule has 0 aliphatic carbocycles. The van der Waals surface area contributed by atoms with Crippen molar-refractivity contribution in [3.05, 3.63) is 40.9 Å². The van der Waals surface area contributed by atoms with Crippen molar-refractivity contribution in [1.82, 2.24) is 9.80 Å². The first-order chi connectivity index (χ1) is 11.1. The molecule has 2 aliphatic heterocycles. The number of hydrogen-bond donors (Lipinski definition) is 0. The van der Waals surface area contributed by atoms with Gasteiger partial charge in [0.05, 0.1) is 6.04 Å². The summed E-state index contributed by atoms with van der Waals surface area (Å²) in [4.78, 5) is 38.1. The minimum absolute atomic E-state index is 0.174. The Morgan fingerprint density at radius 3 is 2.78 bits per heavy atom. The normalized spacial score (nSPS) is 21.3. The Morgan fingerprint density at radius 2 is 2.09 bits per heavy atom. The van der Waals surface area contributed by atoms with Crippen LogP contribution in [0.5, 0.6) is 0 Å². The number of hydrogen-bond acceptors (Lipinski definition) is 4. The summed E-state index contributed by atoms with van der Waals surface area (Å²) >= 11 is 6.04. The topological polar surface area (TPSA) is 66.9 Å². The number of imide groups is 1. The fraction of sp³-hybridized carbons (Fsp3) is 0.312. The number of cyclic esters (lactones) is 1. The van der Waals surface area contributed by atoms with Gasteiger partial charge in [-0.1, -0.05) is 29.8 Å². The highest BCUT2D eigenvalue weighted by Gasteiger charge is 2.40. The van der Waals surface area contributed by atoms with Crippen LogP contribution in [0.3, 0.4) is 0 Å². The lowest BCUT2D eigenvalue weighted by Gasteiger charge is -2.19. The van der Waals surface area contributed by atoms with Gasteiger partial charge in [0.25, 0.3) is 5.91 Å². The van der Waals surface area contributed by atoms with E-state index in [1.54, 1.807) is 17.0 Å². The van der Waals surface area contributed by atoms with Gasteiger partial charge in [-0.05, 0) is 24.1 Å².